The van der Waals surface area contributed by atoms with Gasteiger partial charge in [0, 0.05) is 18.4 Å². The second-order valence-electron chi connectivity index (χ2n) is 6.76. The van der Waals surface area contributed by atoms with E-state index in [4.69, 9.17) is 9.73 Å². The lowest BCUT2D eigenvalue weighted by Crippen LogP contribution is -2.47. The topological polar surface area (TPSA) is 33.6 Å². The first-order chi connectivity index (χ1) is 9.15. The molecule has 19 heavy (non-hydrogen) atoms. The summed E-state index contributed by atoms with van der Waals surface area (Å²) in [6, 6.07) is 0. The van der Waals surface area contributed by atoms with E-state index in [9.17, 15) is 0 Å². The number of nitrogens with zero attached hydrogens (tertiary/aromatic N) is 1. The molecule has 2 aliphatic carbocycles. The molecule has 0 aromatic rings. The Kier molecular flexibility index (Phi) is 3.82. The molecule has 1 saturated heterocycles. The largest absolute Gasteiger partial charge is 0.376 e. The minimum Gasteiger partial charge on any atom is -0.376 e. The highest BCUT2D eigenvalue weighted by molar-refractivity contribution is 8.14. The molecule has 0 aromatic heterocycles. The molecule has 1 spiro atoms. The number of ether oxygens (including phenoxy) is 1. The van der Waals surface area contributed by atoms with Gasteiger partial charge in [0.2, 0.25) is 0 Å². The average Bonchev–Trinajstić information content (AvgIpc) is 2.71. The van der Waals surface area contributed by atoms with Gasteiger partial charge in [-0.1, -0.05) is 31.5 Å². The predicted octanol–water partition coefficient (Wildman–Crippen LogP) is 3.20. The van der Waals surface area contributed by atoms with Crippen molar-refractivity contribution in [1.29, 1.82) is 0 Å². The van der Waals surface area contributed by atoms with Gasteiger partial charge in [0.05, 0.1) is 12.1 Å². The van der Waals surface area contributed by atoms with Crippen LogP contribution in [0.2, 0.25) is 0 Å². The number of nitrogens with one attached hydrogen (secondary N) is 1. The summed E-state index contributed by atoms with van der Waals surface area (Å²) in [5.41, 5.74) is 0.409. The maximum absolute atomic E-state index is 5.64. The van der Waals surface area contributed by atoms with Gasteiger partial charge in [0.1, 0.15) is 0 Å². The van der Waals surface area contributed by atoms with Crippen LogP contribution in [0.3, 0.4) is 0 Å². The standard InChI is InChI=1S/C15H26N2OS/c1-12-5-3-6-14(9-12)11-19-13(17-14)16-10-15(18-2)7-4-8-15/h12H,3-11H2,1-2H3,(H,16,17). The van der Waals surface area contributed by atoms with E-state index < -0.39 is 0 Å². The van der Waals surface area contributed by atoms with E-state index in [1.54, 1.807) is 0 Å². The van der Waals surface area contributed by atoms with Crippen LogP contribution in [0.15, 0.2) is 4.99 Å². The normalized spacial score (nSPS) is 39.3. The van der Waals surface area contributed by atoms with Crippen LogP contribution in [-0.4, -0.2) is 35.7 Å². The van der Waals surface area contributed by atoms with Crippen molar-refractivity contribution in [3.8, 4) is 0 Å². The van der Waals surface area contributed by atoms with E-state index in [1.807, 2.05) is 18.9 Å². The fraction of sp³-hybridized carbons (Fsp3) is 0.933. The zero-order chi connectivity index (χ0) is 13.3. The van der Waals surface area contributed by atoms with Crippen LogP contribution in [0.4, 0.5) is 0 Å². The summed E-state index contributed by atoms with van der Waals surface area (Å²) in [6.45, 7) is 3.22. The van der Waals surface area contributed by atoms with Gasteiger partial charge in [-0.05, 0) is 38.0 Å². The minimum absolute atomic E-state index is 0.0604. The number of thioether (sulfide) groups is 1. The molecule has 3 rings (SSSR count). The zero-order valence-corrected chi connectivity index (χ0v) is 13.0. The van der Waals surface area contributed by atoms with Crippen LogP contribution >= 0.6 is 11.8 Å². The fourth-order valence-electron chi connectivity index (χ4n) is 3.71. The van der Waals surface area contributed by atoms with E-state index in [2.05, 4.69) is 12.2 Å². The summed E-state index contributed by atoms with van der Waals surface area (Å²) in [5, 5.41) is 4.90. The van der Waals surface area contributed by atoms with Gasteiger partial charge in [0.15, 0.2) is 5.17 Å². The van der Waals surface area contributed by atoms with E-state index in [0.29, 0.717) is 5.54 Å². The first kappa shape index (κ1) is 13.7. The lowest BCUT2D eigenvalue weighted by molar-refractivity contribution is -0.0629. The number of methoxy groups -OCH3 is 1. The molecule has 0 radical (unpaired) electrons. The van der Waals surface area contributed by atoms with Gasteiger partial charge < -0.3 is 10.1 Å². The van der Waals surface area contributed by atoms with E-state index in [-0.39, 0.29) is 5.60 Å². The van der Waals surface area contributed by atoms with Gasteiger partial charge in [-0.2, -0.15) is 0 Å². The SMILES string of the molecule is COC1(CN=C2NC3(CCCC(C)C3)CS2)CCC1. The molecular weight excluding hydrogens is 256 g/mol. The lowest BCUT2D eigenvalue weighted by Gasteiger charge is -2.39. The quantitative estimate of drug-likeness (QED) is 0.863. The zero-order valence-electron chi connectivity index (χ0n) is 12.2. The maximum Gasteiger partial charge on any atom is 0.157 e. The summed E-state index contributed by atoms with van der Waals surface area (Å²) < 4.78 is 5.64. The Morgan fingerprint density at radius 1 is 1.37 bits per heavy atom. The van der Waals surface area contributed by atoms with Gasteiger partial charge in [-0.3, -0.25) is 4.99 Å². The number of rotatable bonds is 3. The summed E-state index contributed by atoms with van der Waals surface area (Å²) >= 11 is 1.92. The summed E-state index contributed by atoms with van der Waals surface area (Å²) in [6.07, 6.45) is 9.03. The Morgan fingerprint density at radius 3 is 2.84 bits per heavy atom. The molecule has 4 heteroatoms. The molecular formula is C15H26N2OS. The van der Waals surface area contributed by atoms with Crippen molar-refractivity contribution in [3.63, 3.8) is 0 Å². The molecule has 108 valence electrons. The van der Waals surface area contributed by atoms with Crippen molar-refractivity contribution >= 4 is 16.9 Å². The highest BCUT2D eigenvalue weighted by atomic mass is 32.2. The van der Waals surface area contributed by atoms with Gasteiger partial charge in [-0.15, -0.1) is 0 Å². The van der Waals surface area contributed by atoms with Crippen LogP contribution in [0.1, 0.15) is 51.9 Å². The molecule has 2 saturated carbocycles. The van der Waals surface area contributed by atoms with E-state index in [1.165, 1.54) is 50.7 Å². The van der Waals surface area contributed by atoms with E-state index in [0.717, 1.165) is 17.6 Å². The lowest BCUT2D eigenvalue weighted by atomic mass is 9.78. The van der Waals surface area contributed by atoms with Crippen LogP contribution in [0.25, 0.3) is 0 Å². The minimum atomic E-state index is 0.0604. The molecule has 0 aromatic carbocycles. The fourth-order valence-corrected chi connectivity index (χ4v) is 4.90. The molecule has 2 atom stereocenters. The van der Waals surface area contributed by atoms with Crippen molar-refractivity contribution in [3.05, 3.63) is 0 Å². The van der Waals surface area contributed by atoms with Crippen LogP contribution < -0.4 is 5.32 Å². The Balaban J connectivity index is 1.59. The third-order valence-corrected chi connectivity index (χ3v) is 6.36. The Labute approximate surface area is 121 Å². The van der Waals surface area contributed by atoms with Crippen LogP contribution in [-0.2, 0) is 4.74 Å². The summed E-state index contributed by atoms with van der Waals surface area (Å²) in [5.74, 6) is 2.06. The Morgan fingerprint density at radius 2 is 2.21 bits per heavy atom. The first-order valence-electron chi connectivity index (χ1n) is 7.66. The van der Waals surface area contributed by atoms with Crippen molar-refractivity contribution in [2.45, 2.75) is 63.0 Å². The molecule has 2 unspecified atom stereocenters. The summed E-state index contributed by atoms with van der Waals surface area (Å²) in [4.78, 5) is 4.81. The molecule has 1 heterocycles. The maximum atomic E-state index is 5.64. The van der Waals surface area contributed by atoms with Gasteiger partial charge in [0.25, 0.3) is 0 Å². The second kappa shape index (κ2) is 5.28. The second-order valence-corrected chi connectivity index (χ2v) is 7.72. The number of amidine groups is 1. The Bertz CT molecular complexity index is 362. The molecule has 1 aliphatic heterocycles. The van der Waals surface area contributed by atoms with Crippen LogP contribution in [0, 0.1) is 5.92 Å². The number of hydrogen-bond donors (Lipinski definition) is 1. The average molecular weight is 282 g/mol. The molecule has 3 nitrogen and oxygen atoms in total. The van der Waals surface area contributed by atoms with Gasteiger partial charge in [-0.25, -0.2) is 0 Å². The molecule has 0 bridgehead atoms. The highest BCUT2D eigenvalue weighted by Crippen LogP contribution is 2.39. The summed E-state index contributed by atoms with van der Waals surface area (Å²) in [7, 11) is 1.83. The van der Waals surface area contributed by atoms with E-state index >= 15 is 0 Å². The monoisotopic (exact) mass is 282 g/mol. The van der Waals surface area contributed by atoms with Gasteiger partial charge >= 0.3 is 0 Å². The number of hydrogen-bond acceptors (Lipinski definition) is 3. The van der Waals surface area contributed by atoms with Crippen molar-refractivity contribution < 1.29 is 4.74 Å². The third-order valence-electron chi connectivity index (χ3n) is 5.16. The number of aliphatic imine (C=N–C) groups is 1. The molecule has 3 fully saturated rings. The predicted molar refractivity (Wildman–Crippen MR) is 81.8 cm³/mol. The van der Waals surface area contributed by atoms with Crippen molar-refractivity contribution in [2.75, 3.05) is 19.4 Å². The van der Waals surface area contributed by atoms with Crippen molar-refractivity contribution in [2.24, 2.45) is 10.9 Å². The smallest absolute Gasteiger partial charge is 0.157 e. The van der Waals surface area contributed by atoms with Crippen LogP contribution in [0.5, 0.6) is 0 Å². The molecule has 0 amide bonds. The van der Waals surface area contributed by atoms with Crippen molar-refractivity contribution in [1.82, 2.24) is 5.32 Å². The Hall–Kier alpha value is -0.220. The molecule has 3 aliphatic rings. The molecule has 1 N–H and O–H groups in total. The highest BCUT2D eigenvalue weighted by Gasteiger charge is 2.41. The third kappa shape index (κ3) is 2.80. The first-order valence-corrected chi connectivity index (χ1v) is 8.65.